The summed E-state index contributed by atoms with van der Waals surface area (Å²) in [5.41, 5.74) is 8.80. The molecule has 0 atom stereocenters. The monoisotopic (exact) mass is 362 g/mol. The topological polar surface area (TPSA) is 120 Å². The van der Waals surface area contributed by atoms with Crippen LogP contribution in [0.25, 0.3) is 0 Å². The fourth-order valence-corrected chi connectivity index (χ4v) is 0.866. The summed E-state index contributed by atoms with van der Waals surface area (Å²) in [4.78, 5) is 0. The highest BCUT2D eigenvalue weighted by Gasteiger charge is 2.04. The van der Waals surface area contributed by atoms with Crippen molar-refractivity contribution in [2.75, 3.05) is 21.3 Å². The number of rotatable bonds is 3. The van der Waals surface area contributed by atoms with Gasteiger partial charge in [-0.05, 0) is 31.4 Å². The third-order valence-electron chi connectivity index (χ3n) is 0.577. The van der Waals surface area contributed by atoms with Gasteiger partial charge in [-0.3, -0.25) is 0 Å². The number of allylic oxidation sites excluding steroid dienone is 1. The van der Waals surface area contributed by atoms with Gasteiger partial charge in [-0.15, -0.1) is 6.58 Å². The summed E-state index contributed by atoms with van der Waals surface area (Å²) in [5.74, 6) is 0. The summed E-state index contributed by atoms with van der Waals surface area (Å²) in [6, 6.07) is 0. The number of aliphatic hydroxyl groups is 2. The second-order valence-electron chi connectivity index (χ2n) is 2.79. The highest BCUT2D eigenvalue weighted by atomic mass is 32.1. The third kappa shape index (κ3) is 209. The Balaban J connectivity index is -0.0000000535. The van der Waals surface area contributed by atoms with Crippen LogP contribution in [0.15, 0.2) is 12.7 Å². The molecule has 0 aliphatic rings. The van der Waals surface area contributed by atoms with Gasteiger partial charge in [-0.2, -0.15) is 0 Å². The van der Waals surface area contributed by atoms with E-state index < -0.39 is 19.9 Å². The van der Waals surface area contributed by atoms with Gasteiger partial charge < -0.3 is 35.0 Å². The van der Waals surface area contributed by atoms with E-state index in [2.05, 4.69) is 56.3 Å². The molecule has 21 heavy (non-hydrogen) atoms. The van der Waals surface area contributed by atoms with Gasteiger partial charge in [0.25, 0.3) is 10.3 Å². The van der Waals surface area contributed by atoms with Gasteiger partial charge in [-0.25, -0.2) is 0 Å². The molecule has 0 unspecified atom stereocenters. The molecular formula is C11H30N2O5S2Si. The minimum Gasteiger partial charge on any atom is -0.487 e. The zero-order valence-electron chi connectivity index (χ0n) is 13.7. The van der Waals surface area contributed by atoms with Crippen molar-refractivity contribution in [1.29, 1.82) is 0 Å². The molecule has 0 bridgehead atoms. The highest BCUT2D eigenvalue weighted by molar-refractivity contribution is 7.80. The molecule has 0 aromatic rings. The van der Waals surface area contributed by atoms with Crippen LogP contribution in [-0.2, 0) is 13.3 Å². The van der Waals surface area contributed by atoms with Crippen molar-refractivity contribution in [1.82, 2.24) is 0 Å². The lowest BCUT2D eigenvalue weighted by atomic mass is 10.6. The molecule has 6 N–H and O–H groups in total. The smallest absolute Gasteiger partial charge is 0.483 e. The van der Waals surface area contributed by atoms with E-state index in [0.717, 1.165) is 0 Å². The molecule has 0 fully saturated rings. The molecule has 0 spiro atoms. The Kier molecular flexibility index (Phi) is 56.1. The Morgan fingerprint density at radius 1 is 1.05 bits per heavy atom. The molecule has 7 nitrogen and oxygen atoms in total. The summed E-state index contributed by atoms with van der Waals surface area (Å²) < 4.78 is 14.2. The largest absolute Gasteiger partial charge is 0.487 e. The second kappa shape index (κ2) is 36.5. The molecule has 0 heterocycles. The lowest BCUT2D eigenvalue weighted by Gasteiger charge is -2.05. The second-order valence-corrected chi connectivity index (χ2v) is 5.62. The quantitative estimate of drug-likeness (QED) is 0.338. The molecule has 0 aromatic heterocycles. The van der Waals surface area contributed by atoms with Crippen LogP contribution >= 0.6 is 24.4 Å². The maximum absolute atomic E-state index is 7.56. The summed E-state index contributed by atoms with van der Waals surface area (Å²) in [6.45, 7) is 9.50. The van der Waals surface area contributed by atoms with Crippen LogP contribution in [0.4, 0.5) is 0 Å². The number of hydrogen-bond acceptors (Lipinski definition) is 5. The summed E-state index contributed by atoms with van der Waals surface area (Å²) >= 11 is 7.74. The van der Waals surface area contributed by atoms with Crippen molar-refractivity contribution in [3.63, 3.8) is 0 Å². The molecule has 0 aromatic carbocycles. The van der Waals surface area contributed by atoms with Crippen LogP contribution in [0.3, 0.4) is 0 Å². The molecule has 0 radical (unpaired) electrons. The van der Waals surface area contributed by atoms with E-state index in [0.29, 0.717) is 0 Å². The summed E-state index contributed by atoms with van der Waals surface area (Å²) in [6.07, 6.45) is 3.00. The maximum Gasteiger partial charge on any atom is 0.483 e. The Labute approximate surface area is 140 Å². The minimum absolute atomic E-state index is 0.500. The Morgan fingerprint density at radius 2 is 1.14 bits per heavy atom. The first-order chi connectivity index (χ1) is 9.64. The minimum atomic E-state index is -1.67. The molecule has 0 aliphatic heterocycles. The fraction of sp³-hybridized carbons (Fsp3) is 0.636. The average Bonchev–Trinajstić information content (AvgIpc) is 2.31. The lowest BCUT2D eigenvalue weighted by molar-refractivity contribution is 0.163. The molecule has 0 rings (SSSR count). The van der Waals surface area contributed by atoms with Gasteiger partial charge in [0.15, 0.2) is 0 Å². The molecule has 0 saturated carbocycles. The van der Waals surface area contributed by atoms with Crippen LogP contribution in [-0.4, -0.2) is 51.4 Å². The normalized spacial score (nSPS) is 7.19. The van der Waals surface area contributed by atoms with Gasteiger partial charge in [0.2, 0.25) is 0 Å². The average molecular weight is 363 g/mol. The zero-order valence-corrected chi connectivity index (χ0v) is 16.4. The maximum atomic E-state index is 7.56. The third-order valence-corrected chi connectivity index (χ3v) is 1.73. The predicted molar refractivity (Wildman–Crippen MR) is 98.8 cm³/mol. The zero-order chi connectivity index (χ0) is 18.3. The predicted octanol–water partition coefficient (Wildman–Crippen LogP) is 1.83. The molecule has 130 valence electrons. The van der Waals surface area contributed by atoms with E-state index >= 15 is 0 Å². The number of hydrogen-bond donors (Lipinski definition) is 4. The highest BCUT2D eigenvalue weighted by Crippen LogP contribution is 1.81. The van der Waals surface area contributed by atoms with Crippen molar-refractivity contribution >= 4 is 44.3 Å². The van der Waals surface area contributed by atoms with Crippen molar-refractivity contribution in [3.05, 3.63) is 12.7 Å². The van der Waals surface area contributed by atoms with Crippen LogP contribution in [0.5, 0.6) is 0 Å². The van der Waals surface area contributed by atoms with Gasteiger partial charge >= 0.3 is 9.53 Å². The van der Waals surface area contributed by atoms with Crippen LogP contribution < -0.4 is 11.5 Å². The molecule has 0 amide bonds. The van der Waals surface area contributed by atoms with Gasteiger partial charge in [0, 0.05) is 21.3 Å². The first-order valence-electron chi connectivity index (χ1n) is 5.76. The van der Waals surface area contributed by atoms with E-state index in [1.54, 1.807) is 27.4 Å². The summed E-state index contributed by atoms with van der Waals surface area (Å²) in [7, 11) is 3.05. The Hall–Kier alpha value is -0.783. The van der Waals surface area contributed by atoms with Crippen molar-refractivity contribution in [3.8, 4) is 0 Å². The van der Waals surface area contributed by atoms with E-state index in [1.807, 2.05) is 6.92 Å². The van der Waals surface area contributed by atoms with Crippen LogP contribution in [0.1, 0.15) is 27.2 Å². The van der Waals surface area contributed by atoms with E-state index in [-0.39, 0.29) is 0 Å². The van der Waals surface area contributed by atoms with E-state index in [4.69, 9.17) is 23.5 Å². The SMILES string of the molecule is C=CC.CCC.CO[SiH](OC)OC.NC(O)=S.NC(O)=S. The first-order valence-corrected chi connectivity index (χ1v) is 8.00. The van der Waals surface area contributed by atoms with Crippen molar-refractivity contribution in [2.24, 2.45) is 11.5 Å². The van der Waals surface area contributed by atoms with Crippen molar-refractivity contribution < 1.29 is 23.5 Å². The number of nitrogens with two attached hydrogens (primary N) is 2. The lowest BCUT2D eigenvalue weighted by Crippen LogP contribution is -2.21. The number of thiocarbonyl (C=S) groups is 2. The molecule has 0 saturated heterocycles. The number of aliphatic hydroxyl groups excluding tert-OH is 2. The Morgan fingerprint density at radius 3 is 1.14 bits per heavy atom. The summed E-state index contributed by atoms with van der Waals surface area (Å²) in [5, 5.41) is 14.1. The van der Waals surface area contributed by atoms with Crippen molar-refractivity contribution in [2.45, 2.75) is 27.2 Å². The van der Waals surface area contributed by atoms with Gasteiger partial charge in [0.05, 0.1) is 0 Å². The van der Waals surface area contributed by atoms with Crippen LogP contribution in [0, 0.1) is 0 Å². The molecular weight excluding hydrogens is 332 g/mol. The first kappa shape index (κ1) is 32.2. The van der Waals surface area contributed by atoms with Crippen LogP contribution in [0.2, 0.25) is 0 Å². The molecule has 0 aliphatic carbocycles. The fourth-order valence-electron chi connectivity index (χ4n) is 0.289. The van der Waals surface area contributed by atoms with E-state index in [1.165, 1.54) is 6.42 Å². The van der Waals surface area contributed by atoms with Gasteiger partial charge in [0.1, 0.15) is 0 Å². The standard InChI is InChI=1S/C3H10O3Si.C3H8.C3H6.2CH3NOS/c1-4-7(5-2)6-3;2*1-3-2;2*2-1(3)4/h7H,1-3H3;3H2,1-2H3;3H,1H2,2H3;2*(H3,2,3,4). The Bertz CT molecular complexity index is 195. The molecule has 10 heteroatoms. The van der Waals surface area contributed by atoms with Gasteiger partial charge in [-0.1, -0.05) is 26.3 Å². The van der Waals surface area contributed by atoms with E-state index in [9.17, 15) is 0 Å².